The summed E-state index contributed by atoms with van der Waals surface area (Å²) in [5, 5.41) is 0.0385. The van der Waals surface area contributed by atoms with Crippen molar-refractivity contribution in [1.29, 1.82) is 0 Å². The van der Waals surface area contributed by atoms with E-state index in [0.717, 1.165) is 42.7 Å². The zero-order chi connectivity index (χ0) is 15.7. The Balaban J connectivity index is 2.81. The molecule has 0 aliphatic carbocycles. The van der Waals surface area contributed by atoms with E-state index in [-0.39, 0.29) is 5.38 Å². The van der Waals surface area contributed by atoms with Crippen LogP contribution in [-0.2, 0) is 0 Å². The van der Waals surface area contributed by atoms with Crippen molar-refractivity contribution in [1.82, 2.24) is 0 Å². The number of hydrogen-bond acceptors (Lipinski definition) is 2. The van der Waals surface area contributed by atoms with Crippen molar-refractivity contribution in [3.8, 4) is 11.5 Å². The van der Waals surface area contributed by atoms with E-state index in [0.29, 0.717) is 19.1 Å². The predicted molar refractivity (Wildman–Crippen MR) is 90.7 cm³/mol. The van der Waals surface area contributed by atoms with Gasteiger partial charge in [0.1, 0.15) is 0 Å². The minimum atomic E-state index is 0.0385. The highest BCUT2D eigenvalue weighted by Crippen LogP contribution is 2.35. The van der Waals surface area contributed by atoms with Gasteiger partial charge >= 0.3 is 0 Å². The van der Waals surface area contributed by atoms with Crippen LogP contribution in [0.1, 0.15) is 64.3 Å². The second-order valence-electron chi connectivity index (χ2n) is 5.84. The number of hydrogen-bond donors (Lipinski definition) is 0. The van der Waals surface area contributed by atoms with E-state index in [2.05, 4.69) is 33.8 Å². The van der Waals surface area contributed by atoms with Crippen LogP contribution < -0.4 is 9.47 Å². The summed E-state index contributed by atoms with van der Waals surface area (Å²) >= 11 is 6.52. The Bertz CT molecular complexity index is 404. The Labute approximate surface area is 134 Å². The highest BCUT2D eigenvalue weighted by Gasteiger charge is 2.13. The first kappa shape index (κ1) is 18.2. The molecule has 0 bridgehead atoms. The zero-order valence-corrected chi connectivity index (χ0v) is 14.6. The lowest BCUT2D eigenvalue weighted by Gasteiger charge is -2.16. The van der Waals surface area contributed by atoms with Gasteiger partial charge in [0, 0.05) is 0 Å². The van der Waals surface area contributed by atoms with Crippen LogP contribution in [0, 0.1) is 5.92 Å². The minimum absolute atomic E-state index is 0.0385. The highest BCUT2D eigenvalue weighted by molar-refractivity contribution is 6.20. The van der Waals surface area contributed by atoms with Crippen molar-refractivity contribution in [3.05, 3.63) is 23.8 Å². The Morgan fingerprint density at radius 2 is 1.57 bits per heavy atom. The Morgan fingerprint density at radius 3 is 2.14 bits per heavy atom. The molecule has 0 heterocycles. The van der Waals surface area contributed by atoms with Gasteiger partial charge in [-0.15, -0.1) is 11.6 Å². The van der Waals surface area contributed by atoms with Crippen LogP contribution in [0.15, 0.2) is 18.2 Å². The van der Waals surface area contributed by atoms with Crippen LogP contribution in [0.4, 0.5) is 0 Å². The largest absolute Gasteiger partial charge is 0.490 e. The average Bonchev–Trinajstić information content (AvgIpc) is 2.48. The molecule has 21 heavy (non-hydrogen) atoms. The maximum absolute atomic E-state index is 6.52. The summed E-state index contributed by atoms with van der Waals surface area (Å²) in [6.07, 6.45) is 4.09. The summed E-state index contributed by atoms with van der Waals surface area (Å²) in [5.41, 5.74) is 1.12. The molecular weight excluding hydrogens is 284 g/mol. The summed E-state index contributed by atoms with van der Waals surface area (Å²) in [4.78, 5) is 0. The van der Waals surface area contributed by atoms with Crippen LogP contribution in [0.25, 0.3) is 0 Å². The van der Waals surface area contributed by atoms with Gasteiger partial charge in [0.15, 0.2) is 11.5 Å². The van der Waals surface area contributed by atoms with Gasteiger partial charge in [0.2, 0.25) is 0 Å². The van der Waals surface area contributed by atoms with E-state index in [1.807, 2.05) is 12.1 Å². The van der Waals surface area contributed by atoms with E-state index in [1.165, 1.54) is 0 Å². The molecule has 0 amide bonds. The maximum Gasteiger partial charge on any atom is 0.161 e. The Kier molecular flexibility index (Phi) is 8.60. The second kappa shape index (κ2) is 9.94. The van der Waals surface area contributed by atoms with Gasteiger partial charge in [-0.25, -0.2) is 0 Å². The quantitative estimate of drug-likeness (QED) is 0.495. The molecule has 0 aliphatic heterocycles. The lowest BCUT2D eigenvalue weighted by atomic mass is 10.0. The fourth-order valence-corrected chi connectivity index (χ4v) is 2.28. The lowest BCUT2D eigenvalue weighted by molar-refractivity contribution is 0.268. The smallest absolute Gasteiger partial charge is 0.161 e. The molecule has 0 fully saturated rings. The molecule has 0 saturated carbocycles. The molecule has 1 atom stereocenters. The standard InChI is InChI=1S/C18H29ClO2/c1-5-11-20-17-10-8-15(13-18(17)21-12-6-2)16(19)9-7-14(3)4/h8,10,13-14,16H,5-7,9,11-12H2,1-4H3. The Hall–Kier alpha value is -0.890. The van der Waals surface area contributed by atoms with Crippen LogP contribution >= 0.6 is 11.6 Å². The third kappa shape index (κ3) is 6.60. The van der Waals surface area contributed by atoms with Crippen molar-refractivity contribution in [2.75, 3.05) is 13.2 Å². The number of alkyl halides is 1. The van der Waals surface area contributed by atoms with Crippen LogP contribution in [0.2, 0.25) is 0 Å². The predicted octanol–water partition coefficient (Wildman–Crippen LogP) is 5.98. The molecule has 1 unspecified atom stereocenters. The topological polar surface area (TPSA) is 18.5 Å². The van der Waals surface area contributed by atoms with Gasteiger partial charge in [-0.1, -0.05) is 33.8 Å². The van der Waals surface area contributed by atoms with Gasteiger partial charge in [-0.2, -0.15) is 0 Å². The zero-order valence-electron chi connectivity index (χ0n) is 13.8. The van der Waals surface area contributed by atoms with Crippen molar-refractivity contribution in [2.24, 2.45) is 5.92 Å². The van der Waals surface area contributed by atoms with Gasteiger partial charge in [0.25, 0.3) is 0 Å². The molecule has 0 spiro atoms. The van der Waals surface area contributed by atoms with Crippen LogP contribution in [-0.4, -0.2) is 13.2 Å². The molecule has 0 aromatic heterocycles. The molecular formula is C18H29ClO2. The van der Waals surface area contributed by atoms with E-state index in [9.17, 15) is 0 Å². The average molecular weight is 313 g/mol. The minimum Gasteiger partial charge on any atom is -0.490 e. The number of benzene rings is 1. The fraction of sp³-hybridized carbons (Fsp3) is 0.667. The summed E-state index contributed by atoms with van der Waals surface area (Å²) in [6.45, 7) is 10.1. The highest BCUT2D eigenvalue weighted by atomic mass is 35.5. The fourth-order valence-electron chi connectivity index (χ4n) is 2.02. The monoisotopic (exact) mass is 312 g/mol. The number of ether oxygens (including phenoxy) is 2. The van der Waals surface area contributed by atoms with E-state index in [1.54, 1.807) is 0 Å². The first-order valence-electron chi connectivity index (χ1n) is 8.12. The number of halogens is 1. The third-order valence-electron chi connectivity index (χ3n) is 3.25. The molecule has 120 valence electrons. The lowest BCUT2D eigenvalue weighted by Crippen LogP contribution is -2.03. The molecule has 0 saturated heterocycles. The van der Waals surface area contributed by atoms with Gasteiger partial charge in [-0.05, 0) is 49.3 Å². The van der Waals surface area contributed by atoms with Crippen molar-refractivity contribution < 1.29 is 9.47 Å². The summed E-state index contributed by atoms with van der Waals surface area (Å²) in [7, 11) is 0. The first-order chi connectivity index (χ1) is 10.1. The van der Waals surface area contributed by atoms with Gasteiger partial charge in [0.05, 0.1) is 18.6 Å². The Morgan fingerprint density at radius 1 is 0.952 bits per heavy atom. The van der Waals surface area contributed by atoms with E-state index >= 15 is 0 Å². The molecule has 1 aromatic rings. The van der Waals surface area contributed by atoms with Crippen LogP contribution in [0.5, 0.6) is 11.5 Å². The molecule has 2 nitrogen and oxygen atoms in total. The summed E-state index contributed by atoms with van der Waals surface area (Å²) in [5.74, 6) is 2.31. The molecule has 0 radical (unpaired) electrons. The van der Waals surface area contributed by atoms with Crippen molar-refractivity contribution in [3.63, 3.8) is 0 Å². The summed E-state index contributed by atoms with van der Waals surface area (Å²) in [6, 6.07) is 6.08. The van der Waals surface area contributed by atoms with Gasteiger partial charge < -0.3 is 9.47 Å². The van der Waals surface area contributed by atoms with Crippen molar-refractivity contribution >= 4 is 11.6 Å². The van der Waals surface area contributed by atoms with E-state index in [4.69, 9.17) is 21.1 Å². The van der Waals surface area contributed by atoms with Gasteiger partial charge in [-0.3, -0.25) is 0 Å². The molecule has 3 heteroatoms. The summed E-state index contributed by atoms with van der Waals surface area (Å²) < 4.78 is 11.6. The van der Waals surface area contributed by atoms with Crippen molar-refractivity contribution in [2.45, 2.75) is 58.8 Å². The second-order valence-corrected chi connectivity index (χ2v) is 6.37. The van der Waals surface area contributed by atoms with E-state index < -0.39 is 0 Å². The normalized spacial score (nSPS) is 12.5. The molecule has 1 rings (SSSR count). The first-order valence-corrected chi connectivity index (χ1v) is 8.55. The number of rotatable bonds is 10. The van der Waals surface area contributed by atoms with Crippen LogP contribution in [0.3, 0.4) is 0 Å². The molecule has 0 aliphatic rings. The SMILES string of the molecule is CCCOc1ccc(C(Cl)CCC(C)C)cc1OCCC. The molecule has 1 aromatic carbocycles. The maximum atomic E-state index is 6.52. The third-order valence-corrected chi connectivity index (χ3v) is 3.72. The molecule has 0 N–H and O–H groups in total.